The second kappa shape index (κ2) is 8.78. The number of methoxy groups -OCH3 is 1. The van der Waals surface area contributed by atoms with E-state index in [0.29, 0.717) is 13.1 Å². The molecular weight excluding hydrogens is 354 g/mol. The Balaban J connectivity index is 1.54. The molecule has 0 aromatic heterocycles. The highest BCUT2D eigenvalue weighted by Gasteiger charge is 2.35. The average molecular weight is 381 g/mol. The summed E-state index contributed by atoms with van der Waals surface area (Å²) >= 11 is 0. The zero-order chi connectivity index (χ0) is 20.1. The van der Waals surface area contributed by atoms with Crippen LogP contribution in [0.15, 0.2) is 54.6 Å². The van der Waals surface area contributed by atoms with E-state index in [-0.39, 0.29) is 30.2 Å². The molecule has 28 heavy (non-hydrogen) atoms. The van der Waals surface area contributed by atoms with E-state index in [4.69, 9.17) is 4.74 Å². The monoisotopic (exact) mass is 381 g/mol. The summed E-state index contributed by atoms with van der Waals surface area (Å²) in [6, 6.07) is 17.5. The number of nitrogens with one attached hydrogen (secondary N) is 1. The van der Waals surface area contributed by atoms with Crippen molar-refractivity contribution in [2.75, 3.05) is 37.0 Å². The van der Waals surface area contributed by atoms with Gasteiger partial charge in [0, 0.05) is 44.0 Å². The molecule has 0 saturated carbocycles. The number of rotatable bonds is 7. The number of benzene rings is 2. The SMILES string of the molecule is COc1ccc(N2CC(C(=O)NCC(C)N(C)c3ccccc3)CC2=O)cc1. The Labute approximate surface area is 166 Å². The van der Waals surface area contributed by atoms with Crippen molar-refractivity contribution in [2.45, 2.75) is 19.4 Å². The zero-order valence-corrected chi connectivity index (χ0v) is 16.6. The smallest absolute Gasteiger partial charge is 0.227 e. The van der Waals surface area contributed by atoms with Gasteiger partial charge in [0.05, 0.1) is 13.0 Å². The van der Waals surface area contributed by atoms with Crippen LogP contribution in [0.25, 0.3) is 0 Å². The number of hydrogen-bond donors (Lipinski definition) is 1. The van der Waals surface area contributed by atoms with Gasteiger partial charge in [-0.25, -0.2) is 0 Å². The van der Waals surface area contributed by atoms with Gasteiger partial charge in [-0.2, -0.15) is 0 Å². The number of hydrogen-bond acceptors (Lipinski definition) is 4. The van der Waals surface area contributed by atoms with Crippen LogP contribution in [0.1, 0.15) is 13.3 Å². The molecule has 1 fully saturated rings. The third-order valence-electron chi connectivity index (χ3n) is 5.28. The summed E-state index contributed by atoms with van der Waals surface area (Å²) < 4.78 is 5.15. The first-order valence-corrected chi connectivity index (χ1v) is 9.49. The average Bonchev–Trinajstić information content (AvgIpc) is 3.13. The predicted molar refractivity (Wildman–Crippen MR) is 111 cm³/mol. The standard InChI is InChI=1S/C22H27N3O3/c1-16(24(2)18-7-5-4-6-8-18)14-23-22(27)17-13-21(26)25(15-17)19-9-11-20(28-3)12-10-19/h4-12,16-17H,13-15H2,1-3H3,(H,23,27). The number of amides is 2. The minimum atomic E-state index is -0.330. The van der Waals surface area contributed by atoms with Gasteiger partial charge in [0.25, 0.3) is 0 Å². The molecule has 6 heteroatoms. The molecule has 1 aliphatic rings. The molecule has 0 aliphatic carbocycles. The Morgan fingerprint density at radius 1 is 1.21 bits per heavy atom. The van der Waals surface area contributed by atoms with Gasteiger partial charge in [-0.3, -0.25) is 9.59 Å². The first-order chi connectivity index (χ1) is 13.5. The lowest BCUT2D eigenvalue weighted by atomic mass is 10.1. The molecule has 2 aromatic carbocycles. The fourth-order valence-corrected chi connectivity index (χ4v) is 3.34. The third-order valence-corrected chi connectivity index (χ3v) is 5.28. The highest BCUT2D eigenvalue weighted by atomic mass is 16.5. The fraction of sp³-hybridized carbons (Fsp3) is 0.364. The number of ether oxygens (including phenoxy) is 1. The second-order valence-electron chi connectivity index (χ2n) is 7.14. The second-order valence-corrected chi connectivity index (χ2v) is 7.14. The highest BCUT2D eigenvalue weighted by Crippen LogP contribution is 2.27. The highest BCUT2D eigenvalue weighted by molar-refractivity contribution is 6.00. The molecule has 2 unspecified atom stereocenters. The van der Waals surface area contributed by atoms with E-state index in [9.17, 15) is 9.59 Å². The quantitative estimate of drug-likeness (QED) is 0.801. The molecule has 1 heterocycles. The molecule has 6 nitrogen and oxygen atoms in total. The lowest BCUT2D eigenvalue weighted by molar-refractivity contribution is -0.126. The molecule has 0 bridgehead atoms. The number of para-hydroxylation sites is 1. The van der Waals surface area contributed by atoms with E-state index in [2.05, 4.69) is 17.1 Å². The van der Waals surface area contributed by atoms with Gasteiger partial charge in [-0.1, -0.05) is 18.2 Å². The Kier molecular flexibility index (Phi) is 6.19. The van der Waals surface area contributed by atoms with E-state index in [1.165, 1.54) is 0 Å². The molecule has 2 amide bonds. The van der Waals surface area contributed by atoms with E-state index in [0.717, 1.165) is 17.1 Å². The van der Waals surface area contributed by atoms with Gasteiger partial charge in [0.1, 0.15) is 5.75 Å². The van der Waals surface area contributed by atoms with Crippen LogP contribution in [0.5, 0.6) is 5.75 Å². The molecule has 0 spiro atoms. The van der Waals surface area contributed by atoms with Crippen LogP contribution >= 0.6 is 0 Å². The Morgan fingerprint density at radius 3 is 2.54 bits per heavy atom. The maximum Gasteiger partial charge on any atom is 0.227 e. The minimum absolute atomic E-state index is 0.0280. The topological polar surface area (TPSA) is 61.9 Å². The summed E-state index contributed by atoms with van der Waals surface area (Å²) in [5, 5.41) is 3.01. The lowest BCUT2D eigenvalue weighted by Gasteiger charge is -2.27. The number of anilines is 2. The lowest BCUT2D eigenvalue weighted by Crippen LogP contribution is -2.42. The van der Waals surface area contributed by atoms with Crippen LogP contribution in [-0.2, 0) is 9.59 Å². The van der Waals surface area contributed by atoms with E-state index >= 15 is 0 Å². The summed E-state index contributed by atoms with van der Waals surface area (Å²) in [4.78, 5) is 28.8. The van der Waals surface area contributed by atoms with Gasteiger partial charge in [0.2, 0.25) is 11.8 Å². The van der Waals surface area contributed by atoms with E-state index in [1.54, 1.807) is 12.0 Å². The van der Waals surface area contributed by atoms with Crippen molar-refractivity contribution in [3.8, 4) is 5.75 Å². The molecule has 2 aromatic rings. The summed E-state index contributed by atoms with van der Waals surface area (Å²) in [6.07, 6.45) is 0.237. The van der Waals surface area contributed by atoms with Gasteiger partial charge in [0.15, 0.2) is 0 Å². The van der Waals surface area contributed by atoms with Crippen molar-refractivity contribution in [3.63, 3.8) is 0 Å². The maximum absolute atomic E-state index is 12.6. The number of carbonyl (C=O) groups is 2. The van der Waals surface area contributed by atoms with E-state index < -0.39 is 0 Å². The molecule has 148 valence electrons. The summed E-state index contributed by atoms with van der Waals surface area (Å²) in [6.45, 7) is 2.99. The normalized spacial score (nSPS) is 17.3. The van der Waals surface area contributed by atoms with Crippen LogP contribution in [0.3, 0.4) is 0 Å². The first-order valence-electron chi connectivity index (χ1n) is 9.49. The van der Waals surface area contributed by atoms with Crippen LogP contribution in [-0.4, -0.2) is 45.1 Å². The zero-order valence-electron chi connectivity index (χ0n) is 16.6. The van der Waals surface area contributed by atoms with Crippen LogP contribution in [0.2, 0.25) is 0 Å². The van der Waals surface area contributed by atoms with Crippen LogP contribution < -0.4 is 19.9 Å². The molecule has 0 radical (unpaired) electrons. The van der Waals surface area contributed by atoms with Crippen molar-refractivity contribution < 1.29 is 14.3 Å². The van der Waals surface area contributed by atoms with Crippen molar-refractivity contribution in [2.24, 2.45) is 5.92 Å². The maximum atomic E-state index is 12.6. The molecule has 3 rings (SSSR count). The molecule has 1 N–H and O–H groups in total. The van der Waals surface area contributed by atoms with Gasteiger partial charge in [-0.15, -0.1) is 0 Å². The van der Waals surface area contributed by atoms with Gasteiger partial charge in [-0.05, 0) is 43.3 Å². The van der Waals surface area contributed by atoms with Crippen LogP contribution in [0, 0.1) is 5.92 Å². The minimum Gasteiger partial charge on any atom is -0.497 e. The summed E-state index contributed by atoms with van der Waals surface area (Å²) in [7, 11) is 3.61. The fourth-order valence-electron chi connectivity index (χ4n) is 3.34. The van der Waals surface area contributed by atoms with Crippen molar-refractivity contribution in [1.29, 1.82) is 0 Å². The molecule has 1 aliphatic heterocycles. The summed E-state index contributed by atoms with van der Waals surface area (Å²) in [5.41, 5.74) is 1.89. The van der Waals surface area contributed by atoms with Crippen LogP contribution in [0.4, 0.5) is 11.4 Å². The molecule has 1 saturated heterocycles. The van der Waals surface area contributed by atoms with Crippen molar-refractivity contribution in [1.82, 2.24) is 5.32 Å². The Hall–Kier alpha value is -3.02. The Bertz CT molecular complexity index is 808. The number of carbonyl (C=O) groups excluding carboxylic acids is 2. The summed E-state index contributed by atoms with van der Waals surface area (Å²) in [5.74, 6) is 0.308. The predicted octanol–water partition coefficient (Wildman–Crippen LogP) is 2.69. The van der Waals surface area contributed by atoms with E-state index in [1.807, 2.05) is 61.6 Å². The molecular formula is C22H27N3O3. The molecule has 2 atom stereocenters. The van der Waals surface area contributed by atoms with Gasteiger partial charge < -0.3 is 19.9 Å². The Morgan fingerprint density at radius 2 is 1.89 bits per heavy atom. The number of likely N-dealkylation sites (N-methyl/N-ethyl adjacent to an activating group) is 1. The first kappa shape index (κ1) is 19.7. The largest absolute Gasteiger partial charge is 0.497 e. The van der Waals surface area contributed by atoms with Gasteiger partial charge >= 0.3 is 0 Å². The van der Waals surface area contributed by atoms with Crippen molar-refractivity contribution in [3.05, 3.63) is 54.6 Å². The third kappa shape index (κ3) is 4.44. The number of nitrogens with zero attached hydrogens (tertiary/aromatic N) is 2. The van der Waals surface area contributed by atoms with Crippen molar-refractivity contribution >= 4 is 23.2 Å².